The van der Waals surface area contributed by atoms with Gasteiger partial charge in [0.25, 0.3) is 0 Å². The number of rotatable bonds is 8. The molecule has 0 heterocycles. The third kappa shape index (κ3) is 8.26. The standard InChI is InChI=1S/C11H25NO/c1-5-7-11(4)13-9-8-12-10(3)6-2/h10-12H,5-9H2,1-4H3. The lowest BCUT2D eigenvalue weighted by molar-refractivity contribution is 0.0607. The lowest BCUT2D eigenvalue weighted by atomic mass is 10.2. The maximum atomic E-state index is 5.61. The minimum atomic E-state index is 0.420. The first kappa shape index (κ1) is 12.9. The van der Waals surface area contributed by atoms with Gasteiger partial charge in [-0.3, -0.25) is 0 Å². The van der Waals surface area contributed by atoms with Gasteiger partial charge in [0.15, 0.2) is 0 Å². The van der Waals surface area contributed by atoms with Gasteiger partial charge in [0.1, 0.15) is 0 Å². The molecular weight excluding hydrogens is 162 g/mol. The van der Waals surface area contributed by atoms with Gasteiger partial charge in [0.2, 0.25) is 0 Å². The average molecular weight is 187 g/mol. The SMILES string of the molecule is CCCC(C)OCCNC(C)CC. The summed E-state index contributed by atoms with van der Waals surface area (Å²) in [7, 11) is 0. The minimum Gasteiger partial charge on any atom is -0.377 e. The molecule has 0 aromatic heterocycles. The maximum Gasteiger partial charge on any atom is 0.0594 e. The summed E-state index contributed by atoms with van der Waals surface area (Å²) < 4.78 is 5.61. The number of ether oxygens (including phenoxy) is 1. The van der Waals surface area contributed by atoms with Gasteiger partial charge in [-0.25, -0.2) is 0 Å². The van der Waals surface area contributed by atoms with Crippen LogP contribution in [0.5, 0.6) is 0 Å². The molecule has 0 aliphatic rings. The Morgan fingerprint density at radius 2 is 1.92 bits per heavy atom. The van der Waals surface area contributed by atoms with Gasteiger partial charge in [-0.2, -0.15) is 0 Å². The highest BCUT2D eigenvalue weighted by Gasteiger charge is 2.00. The fourth-order valence-corrected chi connectivity index (χ4v) is 1.20. The van der Waals surface area contributed by atoms with Crippen molar-refractivity contribution in [2.75, 3.05) is 13.2 Å². The molecule has 0 saturated heterocycles. The van der Waals surface area contributed by atoms with Gasteiger partial charge in [0, 0.05) is 12.6 Å². The lowest BCUT2D eigenvalue weighted by Crippen LogP contribution is -2.29. The van der Waals surface area contributed by atoms with Crippen molar-refractivity contribution in [2.45, 2.75) is 59.1 Å². The van der Waals surface area contributed by atoms with Crippen molar-refractivity contribution in [2.24, 2.45) is 0 Å². The Hall–Kier alpha value is -0.0800. The first-order valence-corrected chi connectivity index (χ1v) is 5.55. The predicted octanol–water partition coefficient (Wildman–Crippen LogP) is 2.58. The van der Waals surface area contributed by atoms with Crippen LogP contribution in [0, 0.1) is 0 Å². The molecule has 0 aromatic carbocycles. The van der Waals surface area contributed by atoms with Crippen LogP contribution < -0.4 is 5.32 Å². The van der Waals surface area contributed by atoms with Gasteiger partial charge in [-0.1, -0.05) is 20.3 Å². The number of nitrogens with one attached hydrogen (secondary N) is 1. The first-order chi connectivity index (χ1) is 6.20. The zero-order chi connectivity index (χ0) is 10.1. The van der Waals surface area contributed by atoms with Crippen molar-refractivity contribution < 1.29 is 4.74 Å². The number of hydrogen-bond donors (Lipinski definition) is 1. The quantitative estimate of drug-likeness (QED) is 0.590. The Kier molecular flexibility index (Phi) is 8.46. The topological polar surface area (TPSA) is 21.3 Å². The van der Waals surface area contributed by atoms with Gasteiger partial charge >= 0.3 is 0 Å². The molecular formula is C11H25NO. The van der Waals surface area contributed by atoms with Crippen LogP contribution in [-0.4, -0.2) is 25.3 Å². The van der Waals surface area contributed by atoms with E-state index in [2.05, 4.69) is 33.0 Å². The highest BCUT2D eigenvalue weighted by molar-refractivity contribution is 4.57. The molecule has 0 aromatic rings. The molecule has 2 unspecified atom stereocenters. The Bertz CT molecular complexity index is 106. The lowest BCUT2D eigenvalue weighted by Gasteiger charge is -2.14. The van der Waals surface area contributed by atoms with Crippen LogP contribution in [-0.2, 0) is 4.74 Å². The third-order valence-electron chi connectivity index (χ3n) is 2.30. The van der Waals surface area contributed by atoms with E-state index in [4.69, 9.17) is 4.74 Å². The number of hydrogen-bond acceptors (Lipinski definition) is 2. The van der Waals surface area contributed by atoms with Gasteiger partial charge < -0.3 is 10.1 Å². The van der Waals surface area contributed by atoms with E-state index < -0.39 is 0 Å². The molecule has 0 saturated carbocycles. The Balaban J connectivity index is 3.15. The molecule has 0 radical (unpaired) electrons. The maximum absolute atomic E-state index is 5.61. The average Bonchev–Trinajstić information content (AvgIpc) is 2.12. The minimum absolute atomic E-state index is 0.420. The summed E-state index contributed by atoms with van der Waals surface area (Å²) >= 11 is 0. The Morgan fingerprint density at radius 1 is 1.23 bits per heavy atom. The molecule has 2 heteroatoms. The highest BCUT2D eigenvalue weighted by atomic mass is 16.5. The highest BCUT2D eigenvalue weighted by Crippen LogP contribution is 1.99. The van der Waals surface area contributed by atoms with Crippen LogP contribution in [0.25, 0.3) is 0 Å². The van der Waals surface area contributed by atoms with Crippen LogP contribution in [0.1, 0.15) is 47.0 Å². The summed E-state index contributed by atoms with van der Waals surface area (Å²) in [5.74, 6) is 0. The monoisotopic (exact) mass is 187 g/mol. The molecule has 2 atom stereocenters. The van der Waals surface area contributed by atoms with E-state index in [1.165, 1.54) is 19.3 Å². The van der Waals surface area contributed by atoms with E-state index in [1.54, 1.807) is 0 Å². The van der Waals surface area contributed by atoms with Crippen molar-refractivity contribution in [1.29, 1.82) is 0 Å². The third-order valence-corrected chi connectivity index (χ3v) is 2.30. The molecule has 0 fully saturated rings. The van der Waals surface area contributed by atoms with E-state index in [0.29, 0.717) is 12.1 Å². The largest absolute Gasteiger partial charge is 0.377 e. The van der Waals surface area contributed by atoms with Crippen molar-refractivity contribution in [3.8, 4) is 0 Å². The molecule has 0 aliphatic carbocycles. The zero-order valence-electron chi connectivity index (χ0n) is 9.60. The van der Waals surface area contributed by atoms with Crippen LogP contribution in [0.15, 0.2) is 0 Å². The molecule has 0 rings (SSSR count). The molecule has 80 valence electrons. The van der Waals surface area contributed by atoms with Crippen molar-refractivity contribution in [3.63, 3.8) is 0 Å². The summed E-state index contributed by atoms with van der Waals surface area (Å²) in [5.41, 5.74) is 0. The van der Waals surface area contributed by atoms with E-state index in [9.17, 15) is 0 Å². The summed E-state index contributed by atoms with van der Waals surface area (Å²) in [6.07, 6.45) is 3.98. The second-order valence-corrected chi connectivity index (χ2v) is 3.73. The van der Waals surface area contributed by atoms with Crippen molar-refractivity contribution in [1.82, 2.24) is 5.32 Å². The summed E-state index contributed by atoms with van der Waals surface area (Å²) in [6.45, 7) is 10.5. The summed E-state index contributed by atoms with van der Waals surface area (Å²) in [6, 6.07) is 0.616. The van der Waals surface area contributed by atoms with Crippen LogP contribution >= 0.6 is 0 Å². The summed E-state index contributed by atoms with van der Waals surface area (Å²) in [5, 5.41) is 3.40. The predicted molar refractivity (Wildman–Crippen MR) is 58.1 cm³/mol. The molecule has 2 nitrogen and oxygen atoms in total. The van der Waals surface area contributed by atoms with Gasteiger partial charge in [-0.05, 0) is 26.7 Å². The normalized spacial score (nSPS) is 15.7. The van der Waals surface area contributed by atoms with Crippen LogP contribution in [0.2, 0.25) is 0 Å². The molecule has 0 amide bonds. The fraction of sp³-hybridized carbons (Fsp3) is 1.00. The Labute approximate surface area is 83.1 Å². The Morgan fingerprint density at radius 3 is 2.46 bits per heavy atom. The van der Waals surface area contributed by atoms with E-state index in [0.717, 1.165) is 13.2 Å². The van der Waals surface area contributed by atoms with Crippen LogP contribution in [0.4, 0.5) is 0 Å². The molecule has 1 N–H and O–H groups in total. The smallest absolute Gasteiger partial charge is 0.0594 e. The molecule has 0 spiro atoms. The fourth-order valence-electron chi connectivity index (χ4n) is 1.20. The first-order valence-electron chi connectivity index (χ1n) is 5.55. The van der Waals surface area contributed by atoms with E-state index in [1.807, 2.05) is 0 Å². The van der Waals surface area contributed by atoms with E-state index >= 15 is 0 Å². The van der Waals surface area contributed by atoms with Crippen LogP contribution in [0.3, 0.4) is 0 Å². The van der Waals surface area contributed by atoms with Crippen molar-refractivity contribution >= 4 is 0 Å². The molecule has 13 heavy (non-hydrogen) atoms. The second kappa shape index (κ2) is 8.52. The van der Waals surface area contributed by atoms with Gasteiger partial charge in [-0.15, -0.1) is 0 Å². The van der Waals surface area contributed by atoms with Gasteiger partial charge in [0.05, 0.1) is 12.7 Å². The molecule has 0 bridgehead atoms. The zero-order valence-corrected chi connectivity index (χ0v) is 9.60. The summed E-state index contributed by atoms with van der Waals surface area (Å²) in [4.78, 5) is 0. The second-order valence-electron chi connectivity index (χ2n) is 3.73. The molecule has 0 aliphatic heterocycles. The van der Waals surface area contributed by atoms with Crippen molar-refractivity contribution in [3.05, 3.63) is 0 Å². The van der Waals surface area contributed by atoms with E-state index in [-0.39, 0.29) is 0 Å².